The van der Waals surface area contributed by atoms with Gasteiger partial charge in [0.2, 0.25) is 5.91 Å². The summed E-state index contributed by atoms with van der Waals surface area (Å²) in [6.45, 7) is 7.28. The SMILES string of the molecule is CC(C)[C@H](C)C(=O)Oc1ccccc1/N=N/c1ccc(NC(=O)[C@H](C)N)nc1N. The lowest BCUT2D eigenvalue weighted by Crippen LogP contribution is -2.32. The van der Waals surface area contributed by atoms with E-state index in [1.54, 1.807) is 43.3 Å². The molecule has 9 heteroatoms. The Kier molecular flexibility index (Phi) is 7.38. The number of nitrogens with one attached hydrogen (secondary N) is 1. The molecule has 9 nitrogen and oxygen atoms in total. The van der Waals surface area contributed by atoms with Gasteiger partial charge in [-0.05, 0) is 37.1 Å². The maximum Gasteiger partial charge on any atom is 0.314 e. The smallest absolute Gasteiger partial charge is 0.314 e. The third kappa shape index (κ3) is 6.08. The number of ether oxygens (including phenoxy) is 1. The van der Waals surface area contributed by atoms with Crippen molar-refractivity contribution in [1.29, 1.82) is 0 Å². The van der Waals surface area contributed by atoms with Crippen molar-refractivity contribution >= 4 is 34.9 Å². The van der Waals surface area contributed by atoms with Gasteiger partial charge in [-0.25, -0.2) is 4.98 Å². The Bertz CT molecular complexity index is 911. The first-order valence-corrected chi connectivity index (χ1v) is 9.24. The topological polar surface area (TPSA) is 145 Å². The Morgan fingerprint density at radius 3 is 2.31 bits per heavy atom. The van der Waals surface area contributed by atoms with Crippen molar-refractivity contribution in [3.8, 4) is 5.75 Å². The highest BCUT2D eigenvalue weighted by molar-refractivity contribution is 5.93. The molecule has 2 aromatic rings. The predicted octanol–water partition coefficient (Wildman–Crippen LogP) is 3.56. The van der Waals surface area contributed by atoms with Gasteiger partial charge in [-0.2, -0.15) is 0 Å². The molecule has 0 fully saturated rings. The predicted molar refractivity (Wildman–Crippen MR) is 111 cm³/mol. The van der Waals surface area contributed by atoms with Gasteiger partial charge in [0.1, 0.15) is 17.2 Å². The normalized spacial score (nSPS) is 13.3. The molecular formula is C20H26N6O3. The summed E-state index contributed by atoms with van der Waals surface area (Å²) < 4.78 is 5.47. The molecule has 0 aliphatic heterocycles. The van der Waals surface area contributed by atoms with Gasteiger partial charge >= 0.3 is 5.97 Å². The van der Waals surface area contributed by atoms with Crippen LogP contribution in [0.25, 0.3) is 0 Å². The van der Waals surface area contributed by atoms with Crippen LogP contribution in [-0.4, -0.2) is 22.9 Å². The van der Waals surface area contributed by atoms with Crippen LogP contribution in [0, 0.1) is 11.8 Å². The number of nitrogens with zero attached hydrogens (tertiary/aromatic N) is 3. The number of rotatable bonds is 7. The molecule has 0 spiro atoms. The van der Waals surface area contributed by atoms with E-state index in [9.17, 15) is 9.59 Å². The molecular weight excluding hydrogens is 372 g/mol. The fourth-order valence-corrected chi connectivity index (χ4v) is 2.07. The first-order valence-electron chi connectivity index (χ1n) is 9.24. The van der Waals surface area contributed by atoms with Crippen molar-refractivity contribution in [3.05, 3.63) is 36.4 Å². The molecule has 5 N–H and O–H groups in total. The number of benzene rings is 1. The van der Waals surface area contributed by atoms with Crippen LogP contribution in [0.3, 0.4) is 0 Å². The van der Waals surface area contributed by atoms with Crippen molar-refractivity contribution in [1.82, 2.24) is 4.98 Å². The van der Waals surface area contributed by atoms with Gasteiger partial charge in [0.05, 0.1) is 12.0 Å². The number of amides is 1. The first-order chi connectivity index (χ1) is 13.7. The highest BCUT2D eigenvalue weighted by atomic mass is 16.5. The van der Waals surface area contributed by atoms with E-state index in [-0.39, 0.29) is 35.3 Å². The van der Waals surface area contributed by atoms with E-state index in [0.29, 0.717) is 17.1 Å². The largest absolute Gasteiger partial charge is 0.424 e. The van der Waals surface area contributed by atoms with Crippen LogP contribution in [0.1, 0.15) is 27.7 Å². The molecule has 1 aromatic heterocycles. The Hall–Kier alpha value is -3.33. The zero-order valence-corrected chi connectivity index (χ0v) is 16.9. The summed E-state index contributed by atoms with van der Waals surface area (Å²) in [5.74, 6) is -0.154. The molecule has 1 aromatic carbocycles. The number of anilines is 2. The van der Waals surface area contributed by atoms with Gasteiger partial charge in [-0.15, -0.1) is 10.2 Å². The molecule has 0 unspecified atom stereocenters. The third-order valence-corrected chi connectivity index (χ3v) is 4.28. The minimum absolute atomic E-state index is 0.0825. The summed E-state index contributed by atoms with van der Waals surface area (Å²) in [6, 6.07) is 9.26. The maximum atomic E-state index is 12.2. The molecule has 0 saturated carbocycles. The number of para-hydroxylation sites is 1. The number of pyridine rings is 1. The first kappa shape index (κ1) is 22.0. The van der Waals surface area contributed by atoms with E-state index >= 15 is 0 Å². The van der Waals surface area contributed by atoms with Crippen molar-refractivity contribution in [2.75, 3.05) is 11.1 Å². The molecule has 0 radical (unpaired) electrons. The van der Waals surface area contributed by atoms with Crippen LogP contribution in [0.2, 0.25) is 0 Å². The van der Waals surface area contributed by atoms with E-state index in [0.717, 1.165) is 0 Å². The monoisotopic (exact) mass is 398 g/mol. The van der Waals surface area contributed by atoms with Gasteiger partial charge < -0.3 is 21.5 Å². The number of azo groups is 1. The summed E-state index contributed by atoms with van der Waals surface area (Å²) in [6.07, 6.45) is 0. The minimum atomic E-state index is -0.671. The number of hydrogen-bond donors (Lipinski definition) is 3. The standard InChI is InChI=1S/C20H26N6O3/c1-11(2)12(3)20(28)29-16-8-6-5-7-14(16)25-26-15-9-10-17(23-18(15)22)24-19(27)13(4)21/h5-13H,21H2,1-4H3,(H3,22,23,24,27)/b26-25+/t12-,13-/m0/s1. The Morgan fingerprint density at radius 1 is 1.03 bits per heavy atom. The summed E-state index contributed by atoms with van der Waals surface area (Å²) in [5, 5.41) is 10.8. The second-order valence-corrected chi connectivity index (χ2v) is 7.00. The molecule has 0 aliphatic carbocycles. The van der Waals surface area contributed by atoms with Gasteiger partial charge in [-0.3, -0.25) is 9.59 Å². The van der Waals surface area contributed by atoms with Gasteiger partial charge in [0.15, 0.2) is 11.6 Å². The van der Waals surface area contributed by atoms with E-state index < -0.39 is 6.04 Å². The molecule has 0 aliphatic rings. The number of carbonyl (C=O) groups excluding carboxylic acids is 2. The van der Waals surface area contributed by atoms with E-state index in [4.69, 9.17) is 16.2 Å². The number of nitrogens with two attached hydrogens (primary N) is 2. The maximum absolute atomic E-state index is 12.2. The van der Waals surface area contributed by atoms with Crippen LogP contribution in [0.4, 0.5) is 23.0 Å². The van der Waals surface area contributed by atoms with E-state index in [2.05, 4.69) is 20.5 Å². The number of nitrogen functional groups attached to an aromatic ring is 1. The van der Waals surface area contributed by atoms with E-state index in [1.165, 1.54) is 0 Å². The van der Waals surface area contributed by atoms with Gasteiger partial charge in [0, 0.05) is 0 Å². The number of aromatic nitrogens is 1. The average Bonchev–Trinajstić information content (AvgIpc) is 2.67. The number of hydrogen-bond acceptors (Lipinski definition) is 8. The molecule has 1 heterocycles. The summed E-state index contributed by atoms with van der Waals surface area (Å²) >= 11 is 0. The van der Waals surface area contributed by atoms with Gasteiger partial charge in [-0.1, -0.05) is 32.9 Å². The fraction of sp³-hybridized carbons (Fsp3) is 0.350. The van der Waals surface area contributed by atoms with Crippen LogP contribution in [0.15, 0.2) is 46.6 Å². The molecule has 2 rings (SSSR count). The van der Waals surface area contributed by atoms with Crippen LogP contribution in [-0.2, 0) is 9.59 Å². The second-order valence-electron chi connectivity index (χ2n) is 7.00. The van der Waals surface area contributed by atoms with Crippen molar-refractivity contribution in [2.45, 2.75) is 33.7 Å². The molecule has 154 valence electrons. The van der Waals surface area contributed by atoms with Crippen LogP contribution in [0.5, 0.6) is 5.75 Å². The fourth-order valence-electron chi connectivity index (χ4n) is 2.07. The molecule has 29 heavy (non-hydrogen) atoms. The lowest BCUT2D eigenvalue weighted by Gasteiger charge is -2.14. The third-order valence-electron chi connectivity index (χ3n) is 4.28. The van der Waals surface area contributed by atoms with Crippen LogP contribution < -0.4 is 21.5 Å². The average molecular weight is 398 g/mol. The summed E-state index contributed by atoms with van der Waals surface area (Å²) in [5.41, 5.74) is 12.1. The highest BCUT2D eigenvalue weighted by Gasteiger charge is 2.20. The van der Waals surface area contributed by atoms with Gasteiger partial charge in [0.25, 0.3) is 0 Å². The quantitative estimate of drug-likeness (QED) is 0.369. The Labute approximate surface area is 169 Å². The van der Waals surface area contributed by atoms with Crippen molar-refractivity contribution in [3.63, 3.8) is 0 Å². The summed E-state index contributed by atoms with van der Waals surface area (Å²) in [4.78, 5) is 27.9. The lowest BCUT2D eigenvalue weighted by molar-refractivity contribution is -0.139. The van der Waals surface area contributed by atoms with E-state index in [1.807, 2.05) is 20.8 Å². The minimum Gasteiger partial charge on any atom is -0.424 e. The highest BCUT2D eigenvalue weighted by Crippen LogP contribution is 2.31. The van der Waals surface area contributed by atoms with Crippen LogP contribution >= 0.6 is 0 Å². The number of esters is 1. The zero-order valence-electron chi connectivity index (χ0n) is 16.9. The van der Waals surface area contributed by atoms with Crippen molar-refractivity contribution in [2.24, 2.45) is 27.8 Å². The van der Waals surface area contributed by atoms with Crippen molar-refractivity contribution < 1.29 is 14.3 Å². The molecule has 0 bridgehead atoms. The Balaban J connectivity index is 2.18. The second kappa shape index (κ2) is 9.74. The zero-order chi connectivity index (χ0) is 21.6. The Morgan fingerprint density at radius 2 is 1.69 bits per heavy atom. The molecule has 2 atom stereocenters. The molecule has 1 amide bonds. The molecule has 0 saturated heterocycles. The lowest BCUT2D eigenvalue weighted by atomic mass is 9.99. The summed E-state index contributed by atoms with van der Waals surface area (Å²) in [7, 11) is 0. The number of carbonyl (C=O) groups is 2.